The van der Waals surface area contributed by atoms with Crippen molar-refractivity contribution >= 4 is 102 Å². The molecule has 0 amide bonds. The van der Waals surface area contributed by atoms with Crippen LogP contribution in [0, 0.1) is 0 Å². The van der Waals surface area contributed by atoms with Gasteiger partial charge in [-0.15, -0.1) is 11.3 Å². The van der Waals surface area contributed by atoms with Crippen LogP contribution in [0.2, 0.25) is 0 Å². The predicted octanol–water partition coefficient (Wildman–Crippen LogP) is 17.0. The molecule has 1 nitrogen and oxygen atoms in total. The van der Waals surface area contributed by atoms with Crippen molar-refractivity contribution in [2.45, 2.75) is 33.1 Å². The van der Waals surface area contributed by atoms with Gasteiger partial charge in [-0.1, -0.05) is 167 Å². The Labute approximate surface area is 348 Å². The highest BCUT2D eigenvalue weighted by Gasteiger charge is 2.38. The minimum atomic E-state index is -0.280. The van der Waals surface area contributed by atoms with Crippen molar-refractivity contribution in [3.8, 4) is 11.1 Å². The first kappa shape index (κ1) is 35.4. The summed E-state index contributed by atoms with van der Waals surface area (Å²) >= 11 is 1.88. The Morgan fingerprint density at radius 2 is 1.24 bits per heavy atom. The van der Waals surface area contributed by atoms with Crippen LogP contribution in [0.4, 0.5) is 0 Å². The van der Waals surface area contributed by atoms with E-state index in [0.29, 0.717) is 0 Å². The average molecular weight is 775 g/mol. The summed E-state index contributed by atoms with van der Waals surface area (Å²) in [4.78, 5) is 0. The van der Waals surface area contributed by atoms with Crippen molar-refractivity contribution in [2.24, 2.45) is 0 Å². The zero-order valence-electron chi connectivity index (χ0n) is 33.7. The van der Waals surface area contributed by atoms with Gasteiger partial charge in [-0.05, 0) is 109 Å². The molecule has 0 saturated heterocycles. The second kappa shape index (κ2) is 13.1. The zero-order valence-corrected chi connectivity index (χ0v) is 34.6. The number of benzene rings is 8. The summed E-state index contributed by atoms with van der Waals surface area (Å²) in [5.74, 6) is 0. The number of allylic oxidation sites excluding steroid dienone is 8. The molecule has 8 aromatic carbocycles. The molecule has 0 saturated carbocycles. The van der Waals surface area contributed by atoms with Gasteiger partial charge in [-0.25, -0.2) is 0 Å². The first-order valence-corrected chi connectivity index (χ1v) is 21.2. The third kappa shape index (κ3) is 5.16. The maximum Gasteiger partial charge on any atom is 0.143 e. The van der Waals surface area contributed by atoms with Crippen LogP contribution < -0.4 is 0 Å². The molecule has 10 aromatic rings. The van der Waals surface area contributed by atoms with Crippen LogP contribution in [-0.2, 0) is 5.41 Å². The Morgan fingerprint density at radius 1 is 0.644 bits per heavy atom. The third-order valence-corrected chi connectivity index (χ3v) is 14.0. The fraction of sp³-hybridized carbons (Fsp3) is 0.0877. The first-order chi connectivity index (χ1) is 28.7. The molecule has 0 N–H and O–H groups in total. The molecule has 0 aliphatic heterocycles. The van der Waals surface area contributed by atoms with E-state index in [2.05, 4.69) is 185 Å². The molecule has 2 heterocycles. The lowest BCUT2D eigenvalue weighted by molar-refractivity contribution is 0.661. The summed E-state index contributed by atoms with van der Waals surface area (Å²) in [5.41, 5.74) is 13.5. The van der Waals surface area contributed by atoms with Gasteiger partial charge in [0.1, 0.15) is 11.2 Å². The van der Waals surface area contributed by atoms with Crippen molar-refractivity contribution in [1.82, 2.24) is 0 Å². The Kier molecular flexibility index (Phi) is 7.89. The first-order valence-electron chi connectivity index (χ1n) is 20.4. The molecule has 11 rings (SSSR count). The smallest absolute Gasteiger partial charge is 0.143 e. The van der Waals surface area contributed by atoms with Gasteiger partial charge in [-0.2, -0.15) is 0 Å². The molecule has 1 aliphatic rings. The quantitative estimate of drug-likeness (QED) is 0.125. The topological polar surface area (TPSA) is 13.1 Å². The predicted molar refractivity (Wildman–Crippen MR) is 259 cm³/mol. The van der Waals surface area contributed by atoms with Gasteiger partial charge in [0.2, 0.25) is 0 Å². The molecule has 2 heteroatoms. The maximum absolute atomic E-state index is 6.56. The fourth-order valence-corrected chi connectivity index (χ4v) is 11.3. The molecule has 0 fully saturated rings. The lowest BCUT2D eigenvalue weighted by atomic mass is 9.79. The van der Waals surface area contributed by atoms with E-state index < -0.39 is 0 Å². The minimum Gasteiger partial charge on any atom is -0.455 e. The van der Waals surface area contributed by atoms with Crippen molar-refractivity contribution in [2.75, 3.05) is 0 Å². The van der Waals surface area contributed by atoms with Gasteiger partial charge < -0.3 is 4.42 Å². The average Bonchev–Trinajstić information content (AvgIpc) is 3.89. The Bertz CT molecular complexity index is 3520. The lowest BCUT2D eigenvalue weighted by Crippen LogP contribution is -2.15. The molecule has 0 unspecified atom stereocenters. The largest absolute Gasteiger partial charge is 0.455 e. The number of rotatable bonds is 5. The lowest BCUT2D eigenvalue weighted by Gasteiger charge is -2.24. The number of thiophene rings is 1. The maximum atomic E-state index is 6.56. The van der Waals surface area contributed by atoms with Crippen LogP contribution in [0.1, 0.15) is 49.9 Å². The van der Waals surface area contributed by atoms with Crippen molar-refractivity contribution in [1.29, 1.82) is 0 Å². The SMILES string of the molecule is C=C1/C(=C\C(=C)c2c3ccccc3c(/C(C)=C/C=C\C)c3ccccc23)C(C)(C)c2cc(-c3ccc4c(c3)sc3c5ccccc5c5oc6ccccc6c5c43)ccc21. The molecule has 0 radical (unpaired) electrons. The van der Waals surface area contributed by atoms with Crippen LogP contribution in [0.5, 0.6) is 0 Å². The molecule has 59 heavy (non-hydrogen) atoms. The second-order valence-corrected chi connectivity index (χ2v) is 17.6. The molecular weight excluding hydrogens is 733 g/mol. The van der Waals surface area contributed by atoms with Gasteiger partial charge in [0.25, 0.3) is 0 Å². The van der Waals surface area contributed by atoms with E-state index in [9.17, 15) is 0 Å². The molecule has 2 aromatic heterocycles. The molecule has 1 aliphatic carbocycles. The van der Waals surface area contributed by atoms with Crippen LogP contribution in [0.3, 0.4) is 0 Å². The van der Waals surface area contributed by atoms with E-state index in [1.165, 1.54) is 102 Å². The molecule has 282 valence electrons. The van der Waals surface area contributed by atoms with Gasteiger partial charge in [0, 0.05) is 47.1 Å². The van der Waals surface area contributed by atoms with Crippen molar-refractivity contribution in [3.05, 3.63) is 199 Å². The number of hydrogen-bond donors (Lipinski definition) is 0. The van der Waals surface area contributed by atoms with E-state index in [-0.39, 0.29) is 5.41 Å². The minimum absolute atomic E-state index is 0.280. The van der Waals surface area contributed by atoms with Gasteiger partial charge in [0.05, 0.1) is 0 Å². The van der Waals surface area contributed by atoms with Crippen LogP contribution in [-0.4, -0.2) is 0 Å². The molecule has 0 atom stereocenters. The summed E-state index contributed by atoms with van der Waals surface area (Å²) in [7, 11) is 0. The highest BCUT2D eigenvalue weighted by molar-refractivity contribution is 7.27. The third-order valence-electron chi connectivity index (χ3n) is 12.8. The van der Waals surface area contributed by atoms with E-state index in [1.807, 2.05) is 11.3 Å². The monoisotopic (exact) mass is 774 g/mol. The van der Waals surface area contributed by atoms with E-state index in [4.69, 9.17) is 17.6 Å². The normalized spacial score (nSPS) is 15.1. The van der Waals surface area contributed by atoms with E-state index in [0.717, 1.165) is 27.7 Å². The Morgan fingerprint density at radius 3 is 1.93 bits per heavy atom. The van der Waals surface area contributed by atoms with E-state index >= 15 is 0 Å². The molecule has 0 bridgehead atoms. The van der Waals surface area contributed by atoms with Crippen LogP contribution in [0.15, 0.2) is 181 Å². The number of para-hydroxylation sites is 1. The summed E-state index contributed by atoms with van der Waals surface area (Å²) in [6, 6.07) is 48.6. The summed E-state index contributed by atoms with van der Waals surface area (Å²) in [5, 5.41) is 12.2. The van der Waals surface area contributed by atoms with E-state index in [1.54, 1.807) is 0 Å². The highest BCUT2D eigenvalue weighted by Crippen LogP contribution is 2.52. The number of hydrogen-bond acceptors (Lipinski definition) is 2. The van der Waals surface area contributed by atoms with Crippen molar-refractivity contribution < 1.29 is 4.42 Å². The van der Waals surface area contributed by atoms with Gasteiger partial charge in [-0.3, -0.25) is 0 Å². The molecule has 0 spiro atoms. The van der Waals surface area contributed by atoms with Gasteiger partial charge >= 0.3 is 0 Å². The van der Waals surface area contributed by atoms with Crippen molar-refractivity contribution in [3.63, 3.8) is 0 Å². The summed E-state index contributed by atoms with van der Waals surface area (Å²) in [6.45, 7) is 18.4. The molecular formula is C57H42OS. The van der Waals surface area contributed by atoms with Crippen LogP contribution >= 0.6 is 11.3 Å². The standard InChI is InChI=1S/C57H42OS/c1-7-8-17-33(2)51-39-18-9-11-20-41(39)52(42-21-12-10-19-40(42)51)34(3)30-47-35(4)38-28-26-36(31-48(38)57(47,5)6)37-27-29-46-50(32-37)59-56-44-23-14-13-22-43(44)55-53(54(46)56)45-24-15-16-25-49(45)58-55/h7-32H,3-4H2,1-2,5-6H3/b8-7-,33-17+,47-30+. The summed E-state index contributed by atoms with van der Waals surface area (Å²) < 4.78 is 9.15. The highest BCUT2D eigenvalue weighted by atomic mass is 32.1. The zero-order chi connectivity index (χ0) is 40.2. The van der Waals surface area contributed by atoms with Gasteiger partial charge in [0.15, 0.2) is 0 Å². The second-order valence-electron chi connectivity index (χ2n) is 16.5. The number of fused-ring (bicyclic) bond motifs is 13. The van der Waals surface area contributed by atoms with Crippen LogP contribution in [0.25, 0.3) is 102 Å². The Hall–Kier alpha value is -6.74. The summed E-state index contributed by atoms with van der Waals surface area (Å²) in [6.07, 6.45) is 8.73. The Balaban J connectivity index is 1.03. The fourth-order valence-electron chi connectivity index (χ4n) is 9.98. The number of furan rings is 1.